The number of nitrogen functional groups attached to an aromatic ring is 1. The quantitative estimate of drug-likeness (QED) is 0.809. The van der Waals surface area contributed by atoms with Gasteiger partial charge in [0.25, 0.3) is 0 Å². The minimum atomic E-state index is -3.69. The zero-order chi connectivity index (χ0) is 15.6. The van der Waals surface area contributed by atoms with Gasteiger partial charge in [0, 0.05) is 38.9 Å². The smallest absolute Gasteiger partial charge is 0.409 e. The van der Waals surface area contributed by atoms with Gasteiger partial charge in [-0.05, 0) is 6.92 Å². The van der Waals surface area contributed by atoms with Crippen molar-refractivity contribution in [3.05, 3.63) is 6.20 Å². The van der Waals surface area contributed by atoms with E-state index in [0.717, 1.165) is 0 Å². The van der Waals surface area contributed by atoms with Crippen LogP contribution in [0.2, 0.25) is 0 Å². The first-order chi connectivity index (χ1) is 9.90. The highest BCUT2D eigenvalue weighted by molar-refractivity contribution is 7.89. The van der Waals surface area contributed by atoms with Crippen LogP contribution in [0, 0.1) is 0 Å². The van der Waals surface area contributed by atoms with Crippen LogP contribution in [0.25, 0.3) is 0 Å². The second-order valence-electron chi connectivity index (χ2n) is 4.60. The highest BCUT2D eigenvalue weighted by Gasteiger charge is 2.32. The molecule has 1 aromatic heterocycles. The maximum absolute atomic E-state index is 12.5. The number of anilines is 1. The number of aryl methyl sites for hydroxylation is 1. The number of aromatic nitrogens is 2. The number of nitrogens with two attached hydrogens (primary N) is 1. The number of sulfonamides is 1. The number of hydrogen-bond donors (Lipinski definition) is 1. The summed E-state index contributed by atoms with van der Waals surface area (Å²) in [4.78, 5) is 12.9. The molecule has 1 fully saturated rings. The fourth-order valence-electron chi connectivity index (χ4n) is 2.16. The molecule has 1 aromatic rings. The van der Waals surface area contributed by atoms with E-state index in [-0.39, 0.29) is 36.9 Å². The van der Waals surface area contributed by atoms with Crippen LogP contribution in [0.4, 0.5) is 10.6 Å². The average Bonchev–Trinajstić information content (AvgIpc) is 2.88. The van der Waals surface area contributed by atoms with Crippen molar-refractivity contribution in [3.63, 3.8) is 0 Å². The average molecular weight is 317 g/mol. The monoisotopic (exact) mass is 317 g/mol. The van der Waals surface area contributed by atoms with Crippen LogP contribution in [0.5, 0.6) is 0 Å². The maximum Gasteiger partial charge on any atom is 0.409 e. The third-order valence-electron chi connectivity index (χ3n) is 3.37. The van der Waals surface area contributed by atoms with Gasteiger partial charge in [-0.1, -0.05) is 0 Å². The van der Waals surface area contributed by atoms with Gasteiger partial charge in [-0.2, -0.15) is 9.40 Å². The van der Waals surface area contributed by atoms with Crippen molar-refractivity contribution in [3.8, 4) is 0 Å². The van der Waals surface area contributed by atoms with Crippen molar-refractivity contribution in [1.29, 1.82) is 0 Å². The van der Waals surface area contributed by atoms with Crippen molar-refractivity contribution >= 4 is 21.9 Å². The van der Waals surface area contributed by atoms with Gasteiger partial charge in [-0.3, -0.25) is 4.68 Å². The zero-order valence-corrected chi connectivity index (χ0v) is 12.8. The Hall–Kier alpha value is -1.81. The van der Waals surface area contributed by atoms with Crippen molar-refractivity contribution in [2.75, 3.05) is 39.0 Å². The molecule has 0 atom stereocenters. The van der Waals surface area contributed by atoms with Crippen molar-refractivity contribution in [1.82, 2.24) is 19.0 Å². The van der Waals surface area contributed by atoms with Crippen LogP contribution in [-0.2, 0) is 21.3 Å². The van der Waals surface area contributed by atoms with Crippen molar-refractivity contribution in [2.45, 2.75) is 18.4 Å². The summed E-state index contributed by atoms with van der Waals surface area (Å²) < 4.78 is 32.5. The van der Waals surface area contributed by atoms with Crippen LogP contribution in [0.1, 0.15) is 6.92 Å². The highest BCUT2D eigenvalue weighted by atomic mass is 32.2. The van der Waals surface area contributed by atoms with Gasteiger partial charge in [0.1, 0.15) is 4.90 Å². The summed E-state index contributed by atoms with van der Waals surface area (Å²) in [6.45, 7) is 3.36. The summed E-state index contributed by atoms with van der Waals surface area (Å²) in [6, 6.07) is 0. The van der Waals surface area contributed by atoms with E-state index in [1.165, 1.54) is 27.2 Å². The predicted octanol–water partition coefficient (Wildman–Crippen LogP) is -0.442. The van der Waals surface area contributed by atoms with Crippen LogP contribution in [0.15, 0.2) is 11.1 Å². The minimum absolute atomic E-state index is 0.00718. The van der Waals surface area contributed by atoms with E-state index < -0.39 is 16.1 Å². The zero-order valence-electron chi connectivity index (χ0n) is 12.0. The number of rotatable bonds is 3. The highest BCUT2D eigenvalue weighted by Crippen LogP contribution is 2.22. The summed E-state index contributed by atoms with van der Waals surface area (Å²) in [5.41, 5.74) is 5.68. The Labute approximate surface area is 123 Å². The lowest BCUT2D eigenvalue weighted by Gasteiger charge is -2.32. The second kappa shape index (κ2) is 5.90. The molecule has 2 N–H and O–H groups in total. The fraction of sp³-hybridized carbons (Fsp3) is 0.636. The molecule has 0 bridgehead atoms. The number of ether oxygens (including phenoxy) is 1. The van der Waals surface area contributed by atoms with Gasteiger partial charge >= 0.3 is 6.09 Å². The largest absolute Gasteiger partial charge is 0.453 e. The molecule has 1 amide bonds. The molecule has 1 aliphatic rings. The van der Waals surface area contributed by atoms with E-state index in [4.69, 9.17) is 5.73 Å². The topological polar surface area (TPSA) is 111 Å². The van der Waals surface area contributed by atoms with E-state index >= 15 is 0 Å². The Morgan fingerprint density at radius 3 is 2.48 bits per heavy atom. The van der Waals surface area contributed by atoms with Gasteiger partial charge < -0.3 is 15.4 Å². The van der Waals surface area contributed by atoms with Crippen LogP contribution < -0.4 is 5.73 Å². The molecule has 2 rings (SSSR count). The Kier molecular flexibility index (Phi) is 4.37. The molecule has 9 nitrogen and oxygen atoms in total. The van der Waals surface area contributed by atoms with Gasteiger partial charge in [-0.25, -0.2) is 13.2 Å². The molecular formula is C11H19N5O4S. The molecule has 0 unspecified atom stereocenters. The third-order valence-corrected chi connectivity index (χ3v) is 5.28. The van der Waals surface area contributed by atoms with Gasteiger partial charge in [0.2, 0.25) is 10.0 Å². The predicted molar refractivity (Wildman–Crippen MR) is 75.1 cm³/mol. The molecule has 0 aliphatic carbocycles. The Morgan fingerprint density at radius 1 is 1.38 bits per heavy atom. The molecule has 0 spiro atoms. The van der Waals surface area contributed by atoms with Gasteiger partial charge in [0.05, 0.1) is 7.11 Å². The number of carbonyl (C=O) groups is 1. The molecule has 1 saturated heterocycles. The van der Waals surface area contributed by atoms with E-state index in [9.17, 15) is 13.2 Å². The number of amides is 1. The molecule has 0 aromatic carbocycles. The Balaban J connectivity index is 2.14. The van der Waals surface area contributed by atoms with Crippen LogP contribution in [0.3, 0.4) is 0 Å². The fourth-order valence-corrected chi connectivity index (χ4v) is 3.64. The Bertz CT molecular complexity index is 619. The van der Waals surface area contributed by atoms with Crippen LogP contribution >= 0.6 is 0 Å². The number of nitrogens with zero attached hydrogens (tertiary/aromatic N) is 4. The minimum Gasteiger partial charge on any atom is -0.453 e. The first-order valence-corrected chi connectivity index (χ1v) is 8.00. The standard InChI is InChI=1S/C11H19N5O4S/c1-3-15-8-9(10(12)13-15)21(18,19)16-6-4-14(5-7-16)11(17)20-2/h8H,3-7H2,1-2H3,(H2,12,13). The Morgan fingerprint density at radius 2 is 2.00 bits per heavy atom. The van der Waals surface area contributed by atoms with E-state index in [2.05, 4.69) is 9.84 Å². The molecule has 1 aliphatic heterocycles. The van der Waals surface area contributed by atoms with E-state index in [1.807, 2.05) is 6.92 Å². The SMILES string of the molecule is CCn1cc(S(=O)(=O)N2CCN(C(=O)OC)CC2)c(N)n1. The summed E-state index contributed by atoms with van der Waals surface area (Å²) >= 11 is 0. The number of piperazine rings is 1. The summed E-state index contributed by atoms with van der Waals surface area (Å²) in [5, 5.41) is 3.95. The lowest BCUT2D eigenvalue weighted by molar-refractivity contribution is 0.108. The normalized spacial score (nSPS) is 17.0. The van der Waals surface area contributed by atoms with Crippen molar-refractivity contribution < 1.29 is 17.9 Å². The van der Waals surface area contributed by atoms with E-state index in [0.29, 0.717) is 6.54 Å². The summed E-state index contributed by atoms with van der Waals surface area (Å²) in [7, 11) is -2.39. The second-order valence-corrected chi connectivity index (χ2v) is 6.50. The molecule has 21 heavy (non-hydrogen) atoms. The lowest BCUT2D eigenvalue weighted by Crippen LogP contribution is -2.50. The maximum atomic E-state index is 12.5. The number of hydrogen-bond acceptors (Lipinski definition) is 6. The molecule has 10 heteroatoms. The third kappa shape index (κ3) is 2.95. The van der Waals surface area contributed by atoms with Crippen LogP contribution in [-0.4, -0.2) is 66.8 Å². The first kappa shape index (κ1) is 15.6. The molecule has 0 radical (unpaired) electrons. The first-order valence-electron chi connectivity index (χ1n) is 6.56. The lowest BCUT2D eigenvalue weighted by atomic mass is 10.4. The molecule has 118 valence electrons. The summed E-state index contributed by atoms with van der Waals surface area (Å²) in [6.07, 6.45) is 0.975. The molecule has 2 heterocycles. The van der Waals surface area contributed by atoms with Crippen molar-refractivity contribution in [2.24, 2.45) is 0 Å². The number of carbonyl (C=O) groups excluding carboxylic acids is 1. The summed E-state index contributed by atoms with van der Waals surface area (Å²) in [5.74, 6) is -0.00718. The van der Waals surface area contributed by atoms with Gasteiger partial charge in [-0.15, -0.1) is 0 Å². The van der Waals surface area contributed by atoms with Gasteiger partial charge in [0.15, 0.2) is 5.82 Å². The molecular weight excluding hydrogens is 298 g/mol. The molecule has 0 saturated carbocycles. The van der Waals surface area contributed by atoms with E-state index in [1.54, 1.807) is 0 Å². The number of methoxy groups -OCH3 is 1.